The van der Waals surface area contributed by atoms with Gasteiger partial charge in [0.25, 0.3) is 0 Å². The predicted molar refractivity (Wildman–Crippen MR) is 56.9 cm³/mol. The fourth-order valence-corrected chi connectivity index (χ4v) is 2.07. The minimum Gasteiger partial charge on any atom is -0.463 e. The average molecular weight is 196 g/mol. The normalized spacial score (nSPS) is 27.8. The molecular weight excluding hydrogens is 176 g/mol. The Labute approximate surface area is 86.3 Å². The summed E-state index contributed by atoms with van der Waals surface area (Å²) in [6.07, 6.45) is 5.81. The number of esters is 1. The standard InChI is InChI=1S/C12H20O2/c1-4-14-12(13)10(3)8-11-6-5-9(2)7-11/h8-9,11H,4-7H2,1-3H3. The summed E-state index contributed by atoms with van der Waals surface area (Å²) >= 11 is 0. The number of hydrogen-bond acceptors (Lipinski definition) is 2. The highest BCUT2D eigenvalue weighted by atomic mass is 16.5. The molecule has 14 heavy (non-hydrogen) atoms. The third-order valence-corrected chi connectivity index (χ3v) is 2.82. The van der Waals surface area contributed by atoms with Gasteiger partial charge >= 0.3 is 5.97 Å². The van der Waals surface area contributed by atoms with E-state index in [9.17, 15) is 4.79 Å². The number of carbonyl (C=O) groups is 1. The van der Waals surface area contributed by atoms with E-state index in [1.165, 1.54) is 19.3 Å². The molecule has 0 N–H and O–H groups in total. The SMILES string of the molecule is CCOC(=O)C(C)=CC1CCC(C)C1. The van der Waals surface area contributed by atoms with E-state index >= 15 is 0 Å². The van der Waals surface area contributed by atoms with E-state index in [0.29, 0.717) is 12.5 Å². The number of allylic oxidation sites excluding steroid dienone is 1. The van der Waals surface area contributed by atoms with Gasteiger partial charge in [0.2, 0.25) is 0 Å². The first-order chi connectivity index (χ1) is 6.63. The van der Waals surface area contributed by atoms with Crippen LogP contribution in [0.3, 0.4) is 0 Å². The van der Waals surface area contributed by atoms with Crippen molar-refractivity contribution in [2.24, 2.45) is 11.8 Å². The Morgan fingerprint density at radius 3 is 2.71 bits per heavy atom. The smallest absolute Gasteiger partial charge is 0.333 e. The van der Waals surface area contributed by atoms with Gasteiger partial charge in [0.05, 0.1) is 6.61 Å². The summed E-state index contributed by atoms with van der Waals surface area (Å²) in [6.45, 7) is 6.42. The summed E-state index contributed by atoms with van der Waals surface area (Å²) in [5.41, 5.74) is 0.769. The van der Waals surface area contributed by atoms with Gasteiger partial charge in [-0.1, -0.05) is 19.4 Å². The molecule has 1 fully saturated rings. The molecule has 0 amide bonds. The van der Waals surface area contributed by atoms with E-state index in [0.717, 1.165) is 11.5 Å². The van der Waals surface area contributed by atoms with Crippen molar-refractivity contribution in [3.8, 4) is 0 Å². The maximum Gasteiger partial charge on any atom is 0.333 e. The average Bonchev–Trinajstić information content (AvgIpc) is 2.51. The highest BCUT2D eigenvalue weighted by Crippen LogP contribution is 2.31. The first-order valence-electron chi connectivity index (χ1n) is 5.49. The van der Waals surface area contributed by atoms with Crippen LogP contribution in [0, 0.1) is 11.8 Å². The highest BCUT2D eigenvalue weighted by molar-refractivity contribution is 5.87. The lowest BCUT2D eigenvalue weighted by atomic mass is 10.0. The lowest BCUT2D eigenvalue weighted by molar-refractivity contribution is -0.138. The molecule has 2 atom stereocenters. The zero-order valence-electron chi connectivity index (χ0n) is 9.38. The van der Waals surface area contributed by atoms with Gasteiger partial charge in [-0.3, -0.25) is 0 Å². The fourth-order valence-electron chi connectivity index (χ4n) is 2.07. The van der Waals surface area contributed by atoms with Crippen molar-refractivity contribution in [2.75, 3.05) is 6.61 Å². The van der Waals surface area contributed by atoms with Gasteiger partial charge in [-0.25, -0.2) is 4.79 Å². The summed E-state index contributed by atoms with van der Waals surface area (Å²) < 4.78 is 4.93. The van der Waals surface area contributed by atoms with Crippen LogP contribution in [-0.2, 0) is 9.53 Å². The third-order valence-electron chi connectivity index (χ3n) is 2.82. The molecule has 0 bridgehead atoms. The minimum atomic E-state index is -0.160. The van der Waals surface area contributed by atoms with Crippen LogP contribution in [0.25, 0.3) is 0 Å². The van der Waals surface area contributed by atoms with Gasteiger partial charge in [-0.15, -0.1) is 0 Å². The minimum absolute atomic E-state index is 0.160. The van der Waals surface area contributed by atoms with Crippen molar-refractivity contribution in [1.29, 1.82) is 0 Å². The zero-order chi connectivity index (χ0) is 10.6. The van der Waals surface area contributed by atoms with Crippen LogP contribution < -0.4 is 0 Å². The second-order valence-corrected chi connectivity index (χ2v) is 4.25. The molecule has 1 aliphatic carbocycles. The highest BCUT2D eigenvalue weighted by Gasteiger charge is 2.20. The third kappa shape index (κ3) is 3.17. The molecule has 0 saturated heterocycles. The van der Waals surface area contributed by atoms with Gasteiger partial charge < -0.3 is 4.74 Å². The Kier molecular flexibility index (Phi) is 4.18. The Balaban J connectivity index is 2.46. The number of carbonyl (C=O) groups excluding carboxylic acids is 1. The van der Waals surface area contributed by atoms with Crippen molar-refractivity contribution >= 4 is 5.97 Å². The van der Waals surface area contributed by atoms with Crippen molar-refractivity contribution < 1.29 is 9.53 Å². The molecule has 1 rings (SSSR count). The molecule has 1 saturated carbocycles. The van der Waals surface area contributed by atoms with Crippen LogP contribution in [0.5, 0.6) is 0 Å². The topological polar surface area (TPSA) is 26.3 Å². The van der Waals surface area contributed by atoms with Crippen LogP contribution in [0.1, 0.15) is 40.0 Å². The van der Waals surface area contributed by atoms with E-state index in [-0.39, 0.29) is 5.97 Å². The van der Waals surface area contributed by atoms with Crippen molar-refractivity contribution in [2.45, 2.75) is 40.0 Å². The Morgan fingerprint density at radius 1 is 1.50 bits per heavy atom. The summed E-state index contributed by atoms with van der Waals surface area (Å²) in [4.78, 5) is 11.3. The quantitative estimate of drug-likeness (QED) is 0.512. The molecule has 0 aromatic carbocycles. The molecule has 0 radical (unpaired) electrons. The lowest BCUT2D eigenvalue weighted by Crippen LogP contribution is -2.06. The summed E-state index contributed by atoms with van der Waals surface area (Å²) in [7, 11) is 0. The van der Waals surface area contributed by atoms with Crippen molar-refractivity contribution in [1.82, 2.24) is 0 Å². The van der Waals surface area contributed by atoms with Gasteiger partial charge in [0, 0.05) is 5.57 Å². The number of hydrogen-bond donors (Lipinski definition) is 0. The first-order valence-corrected chi connectivity index (χ1v) is 5.49. The fraction of sp³-hybridized carbons (Fsp3) is 0.750. The molecule has 0 aromatic rings. The molecule has 2 nitrogen and oxygen atoms in total. The van der Waals surface area contributed by atoms with Gasteiger partial charge in [-0.2, -0.15) is 0 Å². The maximum absolute atomic E-state index is 11.3. The maximum atomic E-state index is 11.3. The summed E-state index contributed by atoms with van der Waals surface area (Å²) in [6, 6.07) is 0. The van der Waals surface area contributed by atoms with Crippen LogP contribution in [0.15, 0.2) is 11.6 Å². The van der Waals surface area contributed by atoms with E-state index in [2.05, 4.69) is 13.0 Å². The van der Waals surface area contributed by atoms with E-state index in [4.69, 9.17) is 4.74 Å². The predicted octanol–water partition coefficient (Wildman–Crippen LogP) is 2.93. The molecular formula is C12H20O2. The molecule has 1 aliphatic rings. The molecule has 0 aromatic heterocycles. The van der Waals surface area contributed by atoms with E-state index in [1.807, 2.05) is 13.8 Å². The summed E-state index contributed by atoms with van der Waals surface area (Å²) in [5, 5.41) is 0. The Morgan fingerprint density at radius 2 is 2.21 bits per heavy atom. The second-order valence-electron chi connectivity index (χ2n) is 4.25. The molecule has 2 unspecified atom stereocenters. The molecule has 2 heteroatoms. The first kappa shape index (κ1) is 11.3. The number of ether oxygens (including phenoxy) is 1. The molecule has 0 heterocycles. The Bertz CT molecular complexity index is 230. The van der Waals surface area contributed by atoms with Crippen molar-refractivity contribution in [3.63, 3.8) is 0 Å². The van der Waals surface area contributed by atoms with E-state index < -0.39 is 0 Å². The molecule has 0 aliphatic heterocycles. The second kappa shape index (κ2) is 5.18. The van der Waals surface area contributed by atoms with Crippen molar-refractivity contribution in [3.05, 3.63) is 11.6 Å². The van der Waals surface area contributed by atoms with Gasteiger partial charge in [-0.05, 0) is 38.5 Å². The molecule has 80 valence electrons. The van der Waals surface area contributed by atoms with Gasteiger partial charge in [0.1, 0.15) is 0 Å². The lowest BCUT2D eigenvalue weighted by Gasteiger charge is -2.06. The van der Waals surface area contributed by atoms with E-state index in [1.54, 1.807) is 0 Å². The zero-order valence-corrected chi connectivity index (χ0v) is 9.38. The van der Waals surface area contributed by atoms with Crippen LogP contribution in [-0.4, -0.2) is 12.6 Å². The summed E-state index contributed by atoms with van der Waals surface area (Å²) in [5.74, 6) is 1.24. The van der Waals surface area contributed by atoms with Crippen LogP contribution >= 0.6 is 0 Å². The van der Waals surface area contributed by atoms with Crippen LogP contribution in [0.2, 0.25) is 0 Å². The van der Waals surface area contributed by atoms with Crippen LogP contribution in [0.4, 0.5) is 0 Å². The van der Waals surface area contributed by atoms with Gasteiger partial charge in [0.15, 0.2) is 0 Å². The monoisotopic (exact) mass is 196 g/mol. The molecule has 0 spiro atoms. The number of rotatable bonds is 3. The Hall–Kier alpha value is -0.790. The largest absolute Gasteiger partial charge is 0.463 e.